The first-order chi connectivity index (χ1) is 13.0. The molecule has 2 aromatic rings. The van der Waals surface area contributed by atoms with Crippen LogP contribution in [0.2, 0.25) is 0 Å². The highest BCUT2D eigenvalue weighted by Crippen LogP contribution is 2.48. The van der Waals surface area contributed by atoms with Crippen molar-refractivity contribution < 1.29 is 29.2 Å². The van der Waals surface area contributed by atoms with E-state index in [0.29, 0.717) is 30.9 Å². The molecule has 6 heteroatoms. The third-order valence-corrected chi connectivity index (χ3v) is 5.43. The van der Waals surface area contributed by atoms with Crippen LogP contribution in [0, 0.1) is 0 Å². The molecule has 0 aliphatic carbocycles. The molecule has 6 nitrogen and oxygen atoms in total. The third-order valence-electron chi connectivity index (χ3n) is 5.43. The van der Waals surface area contributed by atoms with Gasteiger partial charge in [-0.15, -0.1) is 0 Å². The summed E-state index contributed by atoms with van der Waals surface area (Å²) in [4.78, 5) is 0. The first-order valence-electron chi connectivity index (χ1n) is 9.08. The minimum absolute atomic E-state index is 0.0311. The van der Waals surface area contributed by atoms with Gasteiger partial charge in [-0.1, -0.05) is 0 Å². The molecule has 2 aliphatic heterocycles. The Morgan fingerprint density at radius 1 is 0.963 bits per heavy atom. The van der Waals surface area contributed by atoms with E-state index in [1.807, 2.05) is 13.0 Å². The molecule has 2 N–H and O–H groups in total. The van der Waals surface area contributed by atoms with Gasteiger partial charge in [-0.3, -0.25) is 0 Å². The highest BCUT2D eigenvalue weighted by molar-refractivity contribution is 5.82. The molecule has 27 heavy (non-hydrogen) atoms. The van der Waals surface area contributed by atoms with Gasteiger partial charge in [-0.2, -0.15) is 0 Å². The van der Waals surface area contributed by atoms with Gasteiger partial charge in [0.05, 0.1) is 40.1 Å². The number of hydrogen-bond acceptors (Lipinski definition) is 6. The van der Waals surface area contributed by atoms with Crippen molar-refractivity contribution >= 4 is 0 Å². The largest absolute Gasteiger partial charge is 0.504 e. The van der Waals surface area contributed by atoms with Crippen molar-refractivity contribution in [1.29, 1.82) is 0 Å². The molecule has 0 saturated carbocycles. The van der Waals surface area contributed by atoms with Gasteiger partial charge >= 0.3 is 0 Å². The zero-order valence-electron chi connectivity index (χ0n) is 15.8. The zero-order valence-corrected chi connectivity index (χ0v) is 15.8. The Morgan fingerprint density at radius 3 is 2.48 bits per heavy atom. The van der Waals surface area contributed by atoms with E-state index in [0.717, 1.165) is 40.0 Å². The molecule has 2 aliphatic rings. The fraction of sp³-hybridized carbons (Fsp3) is 0.429. The maximum atomic E-state index is 10.4. The van der Waals surface area contributed by atoms with Crippen molar-refractivity contribution in [2.24, 2.45) is 0 Å². The van der Waals surface area contributed by atoms with Crippen LogP contribution >= 0.6 is 0 Å². The Labute approximate surface area is 158 Å². The number of phenols is 2. The van der Waals surface area contributed by atoms with E-state index in [9.17, 15) is 10.2 Å². The number of benzene rings is 2. The summed E-state index contributed by atoms with van der Waals surface area (Å²) in [5.41, 5.74) is 5.53. The average molecular weight is 372 g/mol. The van der Waals surface area contributed by atoms with Crippen LogP contribution in [0.1, 0.15) is 29.2 Å². The molecule has 144 valence electrons. The fourth-order valence-electron chi connectivity index (χ4n) is 4.08. The van der Waals surface area contributed by atoms with Gasteiger partial charge in [-0.05, 0) is 42.5 Å². The second-order valence-electron chi connectivity index (χ2n) is 6.99. The highest BCUT2D eigenvalue weighted by Gasteiger charge is 2.29. The molecule has 1 atom stereocenters. The Balaban J connectivity index is 2.03. The number of fused-ring (bicyclic) bond motifs is 2. The van der Waals surface area contributed by atoms with Crippen molar-refractivity contribution in [3.8, 4) is 34.1 Å². The summed E-state index contributed by atoms with van der Waals surface area (Å²) in [6.07, 6.45) is 1.41. The van der Waals surface area contributed by atoms with Gasteiger partial charge in [0.15, 0.2) is 11.5 Å². The van der Waals surface area contributed by atoms with E-state index in [1.165, 1.54) is 0 Å². The van der Waals surface area contributed by atoms with Gasteiger partial charge in [0, 0.05) is 22.8 Å². The van der Waals surface area contributed by atoms with E-state index >= 15 is 0 Å². The summed E-state index contributed by atoms with van der Waals surface area (Å²) >= 11 is 0. The summed E-state index contributed by atoms with van der Waals surface area (Å²) in [5, 5.41) is 20.7. The van der Waals surface area contributed by atoms with Gasteiger partial charge in [0.2, 0.25) is 0 Å². The monoisotopic (exact) mass is 372 g/mol. The number of hydrogen-bond donors (Lipinski definition) is 2. The standard InChI is InChI=1S/C21H24O6/c1-11-6-13-14(7-17(22)21(23)16(13)10-27-11)20-12-4-5-26-9-15(12)18(24-2)8-19(20)25-3/h7-8,11,22-23H,4-6,9-10H2,1-3H3. The van der Waals surface area contributed by atoms with Crippen LogP contribution in [0.5, 0.6) is 23.0 Å². The quantitative estimate of drug-likeness (QED) is 0.805. The van der Waals surface area contributed by atoms with Gasteiger partial charge in [-0.25, -0.2) is 0 Å². The number of rotatable bonds is 3. The summed E-state index contributed by atoms with van der Waals surface area (Å²) in [7, 11) is 3.26. The Kier molecular flexibility index (Phi) is 4.61. The molecule has 0 saturated heterocycles. The number of methoxy groups -OCH3 is 2. The van der Waals surface area contributed by atoms with Crippen LogP contribution in [0.3, 0.4) is 0 Å². The number of aromatic hydroxyl groups is 2. The van der Waals surface area contributed by atoms with E-state index in [-0.39, 0.29) is 24.2 Å². The van der Waals surface area contributed by atoms with E-state index in [1.54, 1.807) is 20.3 Å². The molecule has 1 unspecified atom stereocenters. The van der Waals surface area contributed by atoms with Crippen LogP contribution < -0.4 is 9.47 Å². The molecule has 0 aromatic heterocycles. The maximum Gasteiger partial charge on any atom is 0.163 e. The van der Waals surface area contributed by atoms with Gasteiger partial charge in [0.25, 0.3) is 0 Å². The van der Waals surface area contributed by atoms with Crippen LogP contribution in [-0.4, -0.2) is 37.1 Å². The van der Waals surface area contributed by atoms with E-state index in [4.69, 9.17) is 18.9 Å². The lowest BCUT2D eigenvalue weighted by atomic mass is 9.84. The van der Waals surface area contributed by atoms with Crippen molar-refractivity contribution in [3.63, 3.8) is 0 Å². The number of ether oxygens (including phenoxy) is 4. The maximum absolute atomic E-state index is 10.4. The number of phenolic OH excluding ortho intramolecular Hbond substituents is 2. The van der Waals surface area contributed by atoms with Gasteiger partial charge in [0.1, 0.15) is 11.5 Å². The average Bonchev–Trinajstić information content (AvgIpc) is 2.69. The van der Waals surface area contributed by atoms with Crippen molar-refractivity contribution in [2.45, 2.75) is 39.1 Å². The lowest BCUT2D eigenvalue weighted by Crippen LogP contribution is -2.21. The molecule has 0 fully saturated rings. The lowest BCUT2D eigenvalue weighted by molar-refractivity contribution is 0.0396. The second-order valence-corrected chi connectivity index (χ2v) is 6.99. The lowest BCUT2D eigenvalue weighted by Gasteiger charge is -2.29. The Bertz CT molecular complexity index is 889. The van der Waals surface area contributed by atoms with Crippen molar-refractivity contribution in [1.82, 2.24) is 0 Å². The minimum atomic E-state index is -0.152. The van der Waals surface area contributed by atoms with Crippen molar-refractivity contribution in [2.75, 3.05) is 20.8 Å². The molecule has 0 spiro atoms. The molecule has 2 aromatic carbocycles. The predicted octanol–water partition coefficient (Wildman–Crippen LogP) is 3.32. The normalized spacial score (nSPS) is 18.6. The van der Waals surface area contributed by atoms with E-state index < -0.39 is 0 Å². The Hall–Kier alpha value is -2.44. The van der Waals surface area contributed by atoms with Crippen molar-refractivity contribution in [3.05, 3.63) is 34.4 Å². The Morgan fingerprint density at radius 2 is 1.74 bits per heavy atom. The second kappa shape index (κ2) is 6.94. The first kappa shape index (κ1) is 17.9. The molecule has 0 radical (unpaired) electrons. The molecule has 2 heterocycles. The molecule has 0 bridgehead atoms. The first-order valence-corrected chi connectivity index (χ1v) is 9.08. The predicted molar refractivity (Wildman–Crippen MR) is 99.6 cm³/mol. The SMILES string of the molecule is COc1cc(OC)c(-c2cc(O)c(O)c3c2CC(C)OC3)c2c1COCC2. The molecular weight excluding hydrogens is 348 g/mol. The smallest absolute Gasteiger partial charge is 0.163 e. The van der Waals surface area contributed by atoms with Crippen LogP contribution in [-0.2, 0) is 35.5 Å². The summed E-state index contributed by atoms with van der Waals surface area (Å²) in [5.74, 6) is 1.16. The molecular formula is C21H24O6. The third kappa shape index (κ3) is 2.89. The summed E-state index contributed by atoms with van der Waals surface area (Å²) < 4.78 is 22.6. The van der Waals surface area contributed by atoms with Crippen LogP contribution in [0.25, 0.3) is 11.1 Å². The minimum Gasteiger partial charge on any atom is -0.504 e. The summed E-state index contributed by atoms with van der Waals surface area (Å²) in [6.45, 7) is 3.36. The van der Waals surface area contributed by atoms with Crippen LogP contribution in [0.15, 0.2) is 12.1 Å². The van der Waals surface area contributed by atoms with Gasteiger partial charge < -0.3 is 29.2 Å². The molecule has 0 amide bonds. The molecule has 4 rings (SSSR count). The van der Waals surface area contributed by atoms with Crippen LogP contribution in [0.4, 0.5) is 0 Å². The topological polar surface area (TPSA) is 77.4 Å². The zero-order chi connectivity index (χ0) is 19.1. The fourth-order valence-corrected chi connectivity index (χ4v) is 4.08. The summed E-state index contributed by atoms with van der Waals surface area (Å²) in [6, 6.07) is 3.49. The van der Waals surface area contributed by atoms with E-state index in [2.05, 4.69) is 0 Å². The highest BCUT2D eigenvalue weighted by atomic mass is 16.5.